The molecule has 1 aromatic carbocycles. The number of carbonyl (C=O) groups excluding carboxylic acids is 2. The zero-order valence-electron chi connectivity index (χ0n) is 9.24. The first-order valence-electron chi connectivity index (χ1n) is 4.90. The molecule has 0 heterocycles. The fourth-order valence-corrected chi connectivity index (χ4v) is 1.31. The van der Waals surface area contributed by atoms with Crippen molar-refractivity contribution in [2.45, 2.75) is 13.3 Å². The van der Waals surface area contributed by atoms with Gasteiger partial charge >= 0.3 is 0 Å². The van der Waals surface area contributed by atoms with Gasteiger partial charge in [0.2, 0.25) is 5.91 Å². The maximum atomic E-state index is 11.2. The van der Waals surface area contributed by atoms with Crippen LogP contribution in [0, 0.1) is 0 Å². The fraction of sp³-hybridized carbons (Fsp3) is 0.273. The number of rotatable bonds is 3. The number of anilines is 2. The van der Waals surface area contributed by atoms with E-state index in [-0.39, 0.29) is 11.1 Å². The molecule has 0 aromatic heterocycles. The van der Waals surface area contributed by atoms with Crippen LogP contribution in [0.15, 0.2) is 24.3 Å². The van der Waals surface area contributed by atoms with E-state index in [4.69, 9.17) is 0 Å². The molecule has 16 heavy (non-hydrogen) atoms. The van der Waals surface area contributed by atoms with Crippen LogP contribution < -0.4 is 10.6 Å². The van der Waals surface area contributed by atoms with E-state index in [9.17, 15) is 9.59 Å². The second-order valence-corrected chi connectivity index (χ2v) is 3.88. The third-order valence-corrected chi connectivity index (χ3v) is 2.37. The first-order chi connectivity index (χ1) is 7.65. The summed E-state index contributed by atoms with van der Waals surface area (Å²) in [6.07, 6.45) is 2.14. The zero-order valence-corrected chi connectivity index (χ0v) is 10.1. The minimum atomic E-state index is -0.126. The van der Waals surface area contributed by atoms with Gasteiger partial charge in [-0.25, -0.2) is 0 Å². The molecule has 0 unspecified atom stereocenters. The Morgan fingerprint density at radius 2 is 1.88 bits per heavy atom. The predicted molar refractivity (Wildman–Crippen MR) is 67.9 cm³/mol. The van der Waals surface area contributed by atoms with E-state index in [1.54, 1.807) is 37.4 Å². The number of hydrogen-bond donors (Lipinski definition) is 2. The zero-order chi connectivity index (χ0) is 12.0. The Hall–Kier alpha value is -1.49. The van der Waals surface area contributed by atoms with Gasteiger partial charge in [0.1, 0.15) is 0 Å². The summed E-state index contributed by atoms with van der Waals surface area (Å²) in [6, 6.07) is 7.06. The van der Waals surface area contributed by atoms with E-state index in [1.807, 2.05) is 0 Å². The summed E-state index contributed by atoms with van der Waals surface area (Å²) in [7, 11) is 0. The van der Waals surface area contributed by atoms with Gasteiger partial charge < -0.3 is 10.6 Å². The van der Waals surface area contributed by atoms with E-state index >= 15 is 0 Å². The lowest BCUT2D eigenvalue weighted by Gasteiger charge is -2.07. The maximum absolute atomic E-state index is 11.2. The number of hydrogen-bond acceptors (Lipinski definition) is 3. The molecule has 5 heteroatoms. The fourth-order valence-electron chi connectivity index (χ4n) is 1.09. The Morgan fingerprint density at radius 3 is 2.44 bits per heavy atom. The summed E-state index contributed by atoms with van der Waals surface area (Å²) in [5, 5.41) is 5.30. The van der Waals surface area contributed by atoms with Crippen molar-refractivity contribution < 1.29 is 9.59 Å². The quantitative estimate of drug-likeness (QED) is 0.851. The molecule has 0 fully saturated rings. The van der Waals surface area contributed by atoms with Crippen LogP contribution in [-0.2, 0) is 4.79 Å². The molecule has 4 nitrogen and oxygen atoms in total. The molecule has 86 valence electrons. The van der Waals surface area contributed by atoms with Crippen molar-refractivity contribution in [2.24, 2.45) is 0 Å². The Labute approximate surface area is 98.8 Å². The van der Waals surface area contributed by atoms with Crippen LogP contribution in [-0.4, -0.2) is 17.4 Å². The molecule has 1 aromatic rings. The van der Waals surface area contributed by atoms with Gasteiger partial charge in [-0.05, 0) is 24.5 Å². The Bertz CT molecular complexity index is 360. The molecule has 0 aliphatic heterocycles. The first-order valence-corrected chi connectivity index (χ1v) is 6.13. The largest absolute Gasteiger partial charge is 0.326 e. The second kappa shape index (κ2) is 6.17. The summed E-state index contributed by atoms with van der Waals surface area (Å²) in [4.78, 5) is 22.3. The molecule has 0 aliphatic carbocycles. The number of amides is 2. The van der Waals surface area contributed by atoms with Crippen LogP contribution in [0.4, 0.5) is 16.2 Å². The van der Waals surface area contributed by atoms with Gasteiger partial charge in [-0.3, -0.25) is 9.59 Å². The lowest BCUT2D eigenvalue weighted by Crippen LogP contribution is -2.10. The minimum Gasteiger partial charge on any atom is -0.326 e. The van der Waals surface area contributed by atoms with E-state index in [0.29, 0.717) is 17.8 Å². The summed E-state index contributed by atoms with van der Waals surface area (Å²) in [5.41, 5.74) is 1.36. The molecule has 1 rings (SSSR count). The van der Waals surface area contributed by atoms with E-state index < -0.39 is 0 Å². The molecule has 0 aliphatic rings. The Balaban J connectivity index is 2.71. The van der Waals surface area contributed by atoms with Crippen molar-refractivity contribution in [3.8, 4) is 0 Å². The monoisotopic (exact) mass is 238 g/mol. The molecule has 0 bridgehead atoms. The minimum absolute atomic E-state index is 0.0478. The summed E-state index contributed by atoms with van der Waals surface area (Å²) >= 11 is 1.11. The average Bonchev–Trinajstić information content (AvgIpc) is 2.29. The highest BCUT2D eigenvalue weighted by atomic mass is 32.2. The number of benzene rings is 1. The second-order valence-electron chi connectivity index (χ2n) is 3.10. The molecule has 0 spiro atoms. The SMILES string of the molecule is CCC(=O)Nc1cccc(NC(=O)SC)c1. The third-order valence-electron chi connectivity index (χ3n) is 1.90. The van der Waals surface area contributed by atoms with Crippen LogP contribution in [0.1, 0.15) is 13.3 Å². The van der Waals surface area contributed by atoms with Gasteiger partial charge in [0.25, 0.3) is 5.24 Å². The van der Waals surface area contributed by atoms with Crippen LogP contribution in [0.25, 0.3) is 0 Å². The Morgan fingerprint density at radius 1 is 1.25 bits per heavy atom. The predicted octanol–water partition coefficient (Wildman–Crippen LogP) is 2.93. The van der Waals surface area contributed by atoms with Crippen molar-refractivity contribution >= 4 is 34.3 Å². The summed E-state index contributed by atoms with van der Waals surface area (Å²) in [6.45, 7) is 1.79. The maximum Gasteiger partial charge on any atom is 0.283 e. The number of carbonyl (C=O) groups is 2. The van der Waals surface area contributed by atoms with Crippen LogP contribution in [0.5, 0.6) is 0 Å². The topological polar surface area (TPSA) is 58.2 Å². The van der Waals surface area contributed by atoms with Crippen LogP contribution in [0.2, 0.25) is 0 Å². The standard InChI is InChI=1S/C11H14N2O2S/c1-3-10(14)12-8-5-4-6-9(7-8)13-11(15)16-2/h4-7H,3H2,1-2H3,(H,12,14)(H,13,15). The van der Waals surface area contributed by atoms with Gasteiger partial charge in [-0.2, -0.15) is 0 Å². The van der Waals surface area contributed by atoms with Crippen molar-refractivity contribution in [1.29, 1.82) is 0 Å². The number of thioether (sulfide) groups is 1. The van der Waals surface area contributed by atoms with Gasteiger partial charge in [0.15, 0.2) is 0 Å². The molecule has 2 N–H and O–H groups in total. The summed E-state index contributed by atoms with van der Waals surface area (Å²) < 4.78 is 0. The third kappa shape index (κ3) is 3.94. The van der Waals surface area contributed by atoms with Crippen LogP contribution >= 0.6 is 11.8 Å². The highest BCUT2D eigenvalue weighted by Crippen LogP contribution is 2.16. The van der Waals surface area contributed by atoms with E-state index in [2.05, 4.69) is 10.6 Å². The molecule has 2 amide bonds. The van der Waals surface area contributed by atoms with Gasteiger partial charge in [0, 0.05) is 17.8 Å². The molecular formula is C11H14N2O2S. The molecule has 0 atom stereocenters. The lowest BCUT2D eigenvalue weighted by atomic mass is 10.2. The molecule has 0 radical (unpaired) electrons. The highest BCUT2D eigenvalue weighted by Gasteiger charge is 2.02. The van der Waals surface area contributed by atoms with E-state index in [1.165, 1.54) is 0 Å². The highest BCUT2D eigenvalue weighted by molar-refractivity contribution is 8.13. The van der Waals surface area contributed by atoms with Crippen LogP contribution in [0.3, 0.4) is 0 Å². The number of nitrogens with one attached hydrogen (secondary N) is 2. The van der Waals surface area contributed by atoms with Crippen molar-refractivity contribution in [1.82, 2.24) is 0 Å². The molecule has 0 saturated heterocycles. The van der Waals surface area contributed by atoms with Crippen molar-refractivity contribution in [3.63, 3.8) is 0 Å². The van der Waals surface area contributed by atoms with E-state index in [0.717, 1.165) is 11.8 Å². The van der Waals surface area contributed by atoms with Gasteiger partial charge in [0.05, 0.1) is 0 Å². The molecule has 0 saturated carbocycles. The van der Waals surface area contributed by atoms with Crippen molar-refractivity contribution in [2.75, 3.05) is 16.9 Å². The lowest BCUT2D eigenvalue weighted by molar-refractivity contribution is -0.115. The smallest absolute Gasteiger partial charge is 0.283 e. The molecular weight excluding hydrogens is 224 g/mol. The van der Waals surface area contributed by atoms with Gasteiger partial charge in [-0.1, -0.05) is 24.8 Å². The van der Waals surface area contributed by atoms with Gasteiger partial charge in [-0.15, -0.1) is 0 Å². The summed E-state index contributed by atoms with van der Waals surface area (Å²) in [5.74, 6) is -0.0478. The normalized spacial score (nSPS) is 9.62. The Kier molecular flexibility index (Phi) is 4.85. The average molecular weight is 238 g/mol. The van der Waals surface area contributed by atoms with Crippen molar-refractivity contribution in [3.05, 3.63) is 24.3 Å². The first kappa shape index (κ1) is 12.6.